The number of carbonyl (C=O) groups excluding carboxylic acids is 1. The number of esters is 1. The summed E-state index contributed by atoms with van der Waals surface area (Å²) in [5, 5.41) is 0. The minimum Gasteiger partial charge on any atom is -0.425 e. The highest BCUT2D eigenvalue weighted by Gasteiger charge is 2.26. The van der Waals surface area contributed by atoms with Crippen molar-refractivity contribution in [1.29, 1.82) is 0 Å². The van der Waals surface area contributed by atoms with Crippen molar-refractivity contribution < 1.29 is 26.7 Å². The number of hydrogen-bond acceptors (Lipinski definition) is 5. The van der Waals surface area contributed by atoms with Gasteiger partial charge in [-0.1, -0.05) is 122 Å². The monoisotopic (exact) mass is 512 g/mol. The molecule has 0 aliphatic rings. The van der Waals surface area contributed by atoms with Crippen LogP contribution in [0.25, 0.3) is 0 Å². The van der Waals surface area contributed by atoms with Crippen molar-refractivity contribution in [3.05, 3.63) is 29.8 Å². The summed E-state index contributed by atoms with van der Waals surface area (Å²) in [4.78, 5) is 12.4. The second-order valence-electron chi connectivity index (χ2n) is 9.57. The minimum absolute atomic E-state index is 0.176. The lowest BCUT2D eigenvalue weighted by Crippen LogP contribution is -2.31. The van der Waals surface area contributed by atoms with Gasteiger partial charge < -0.3 is 4.74 Å². The van der Waals surface area contributed by atoms with Crippen LogP contribution in [0.5, 0.6) is 5.75 Å². The van der Waals surface area contributed by atoms with Crippen LogP contribution in [-0.4, -0.2) is 25.0 Å². The summed E-state index contributed by atoms with van der Waals surface area (Å²) in [6.45, 7) is 4.31. The zero-order valence-electron chi connectivity index (χ0n) is 22.0. The van der Waals surface area contributed by atoms with E-state index < -0.39 is 22.5 Å². The van der Waals surface area contributed by atoms with E-state index in [1.807, 2.05) is 12.1 Å². The van der Waals surface area contributed by atoms with Crippen molar-refractivity contribution in [2.24, 2.45) is 0 Å². The second-order valence-corrected chi connectivity index (χ2v) is 10.6. The maximum Gasteiger partial charge on any atom is 0.398 e. The number of benzene rings is 1. The Morgan fingerprint density at radius 2 is 1.20 bits per heavy atom. The summed E-state index contributed by atoms with van der Waals surface area (Å²) in [6, 6.07) is 7.30. The Balaban J connectivity index is 2.27. The third kappa shape index (κ3) is 17.6. The molecule has 1 unspecified atom stereocenters. The molecule has 0 fully saturated rings. The summed E-state index contributed by atoms with van der Waals surface area (Å²) < 4.78 is 41.1. The average molecular weight is 513 g/mol. The predicted molar refractivity (Wildman–Crippen MR) is 142 cm³/mol. The van der Waals surface area contributed by atoms with E-state index in [1.54, 1.807) is 12.1 Å². The molecule has 0 aromatic heterocycles. The van der Waals surface area contributed by atoms with Crippen LogP contribution in [0, 0.1) is 0 Å². The molecule has 0 radical (unpaired) electrons. The summed E-state index contributed by atoms with van der Waals surface area (Å²) in [6.07, 6.45) is 19.2. The molecule has 0 aliphatic heterocycles. The first-order valence-corrected chi connectivity index (χ1v) is 15.2. The Bertz CT molecular complexity index is 760. The van der Waals surface area contributed by atoms with E-state index in [2.05, 4.69) is 18.0 Å². The molecule has 0 saturated heterocycles. The molecule has 1 N–H and O–H groups in total. The molecule has 0 heterocycles. The average Bonchev–Trinajstić information content (AvgIpc) is 2.82. The molecule has 0 amide bonds. The number of aryl methyl sites for hydroxylation is 1. The molecule has 0 saturated carbocycles. The van der Waals surface area contributed by atoms with Gasteiger partial charge in [-0.3, -0.25) is 4.55 Å². The van der Waals surface area contributed by atoms with E-state index in [0.717, 1.165) is 32.1 Å². The van der Waals surface area contributed by atoms with Gasteiger partial charge in [0, 0.05) is 0 Å². The highest BCUT2D eigenvalue weighted by Crippen LogP contribution is 2.18. The lowest BCUT2D eigenvalue weighted by molar-refractivity contribution is -0.142. The van der Waals surface area contributed by atoms with E-state index >= 15 is 0 Å². The summed E-state index contributed by atoms with van der Waals surface area (Å²) in [7, 11) is -4.74. The van der Waals surface area contributed by atoms with Crippen LogP contribution in [0.3, 0.4) is 0 Å². The van der Waals surface area contributed by atoms with Gasteiger partial charge in [0.15, 0.2) is 6.10 Å². The fraction of sp³-hybridized carbons (Fsp3) is 0.750. The summed E-state index contributed by atoms with van der Waals surface area (Å²) in [5.74, 6) is -0.473. The number of hydrogen-bond donors (Lipinski definition) is 1. The molecule has 1 aromatic carbocycles. The fourth-order valence-corrected chi connectivity index (χ4v) is 4.65. The highest BCUT2D eigenvalue weighted by molar-refractivity contribution is 7.80. The summed E-state index contributed by atoms with van der Waals surface area (Å²) in [5.41, 5.74) is 1.18. The lowest BCUT2D eigenvalue weighted by atomic mass is 10.0. The van der Waals surface area contributed by atoms with Crippen LogP contribution in [0.4, 0.5) is 0 Å². The largest absolute Gasteiger partial charge is 0.425 e. The molecule has 6 nitrogen and oxygen atoms in total. The van der Waals surface area contributed by atoms with Gasteiger partial charge in [-0.05, 0) is 37.0 Å². The maximum atomic E-state index is 12.4. The Morgan fingerprint density at radius 1 is 0.743 bits per heavy atom. The Morgan fingerprint density at radius 3 is 1.69 bits per heavy atom. The third-order valence-electron chi connectivity index (χ3n) is 6.28. The predicted octanol–water partition coefficient (Wildman–Crippen LogP) is 7.99. The van der Waals surface area contributed by atoms with Crippen LogP contribution in [0.2, 0.25) is 0 Å². The van der Waals surface area contributed by atoms with Crippen LogP contribution in [0.1, 0.15) is 129 Å². The van der Waals surface area contributed by atoms with Crippen molar-refractivity contribution in [1.82, 2.24) is 0 Å². The van der Waals surface area contributed by atoms with Gasteiger partial charge in [0.1, 0.15) is 5.75 Å². The van der Waals surface area contributed by atoms with Crippen molar-refractivity contribution in [2.75, 3.05) is 0 Å². The van der Waals surface area contributed by atoms with Gasteiger partial charge in [0.05, 0.1) is 0 Å². The molecular weight excluding hydrogens is 464 g/mol. The first kappa shape index (κ1) is 31.6. The first-order chi connectivity index (χ1) is 16.9. The van der Waals surface area contributed by atoms with Crippen molar-refractivity contribution in [2.45, 2.75) is 136 Å². The molecule has 202 valence electrons. The minimum atomic E-state index is -4.74. The van der Waals surface area contributed by atoms with Crippen LogP contribution in [0.15, 0.2) is 24.3 Å². The molecule has 35 heavy (non-hydrogen) atoms. The first-order valence-electron chi connectivity index (χ1n) is 13.8. The Labute approximate surface area is 214 Å². The highest BCUT2D eigenvalue weighted by atomic mass is 32.3. The van der Waals surface area contributed by atoms with E-state index in [1.165, 1.54) is 76.2 Å². The number of rotatable bonds is 22. The van der Waals surface area contributed by atoms with Gasteiger partial charge in [-0.25, -0.2) is 8.98 Å². The lowest BCUT2D eigenvalue weighted by Gasteiger charge is -2.14. The smallest absolute Gasteiger partial charge is 0.398 e. The van der Waals surface area contributed by atoms with Gasteiger partial charge in [0.2, 0.25) is 0 Å². The zero-order valence-corrected chi connectivity index (χ0v) is 22.8. The SMILES string of the molecule is CCCCCCCCCCCCCCc1ccc(OC(=O)C(CCCCCC)OS(=O)(=O)O)cc1. The molecule has 0 spiro atoms. The maximum absolute atomic E-state index is 12.4. The van der Waals surface area contributed by atoms with Gasteiger partial charge in [0.25, 0.3) is 0 Å². The quantitative estimate of drug-likeness (QED) is 0.0732. The molecule has 7 heteroatoms. The molecule has 0 aliphatic carbocycles. The standard InChI is InChI=1S/C28H48O6S/c1-3-5-7-9-10-11-12-13-14-15-16-17-19-25-21-23-26(24-22-25)33-28(29)27(34-35(30,31)32)20-18-8-6-4-2/h21-24,27H,3-20H2,1-2H3,(H,30,31,32). The fourth-order valence-electron chi connectivity index (χ4n) is 4.18. The van der Waals surface area contributed by atoms with E-state index in [0.29, 0.717) is 12.2 Å². The molecule has 0 bridgehead atoms. The van der Waals surface area contributed by atoms with Gasteiger partial charge in [-0.2, -0.15) is 8.42 Å². The van der Waals surface area contributed by atoms with Crippen LogP contribution in [-0.2, 0) is 25.8 Å². The van der Waals surface area contributed by atoms with E-state index in [4.69, 9.17) is 9.29 Å². The van der Waals surface area contributed by atoms with Gasteiger partial charge in [-0.15, -0.1) is 0 Å². The molecular formula is C28H48O6S. The molecule has 1 aromatic rings. The zero-order chi connectivity index (χ0) is 25.8. The van der Waals surface area contributed by atoms with Crippen molar-refractivity contribution in [3.63, 3.8) is 0 Å². The van der Waals surface area contributed by atoms with Gasteiger partial charge >= 0.3 is 16.4 Å². The third-order valence-corrected chi connectivity index (χ3v) is 6.76. The number of carbonyl (C=O) groups is 1. The molecule has 1 atom stereocenters. The number of ether oxygens (including phenoxy) is 1. The van der Waals surface area contributed by atoms with E-state index in [9.17, 15) is 13.2 Å². The normalized spacial score (nSPS) is 12.5. The number of unbranched alkanes of at least 4 members (excludes halogenated alkanes) is 14. The molecule has 1 rings (SSSR count). The Hall–Kier alpha value is -1.44. The van der Waals surface area contributed by atoms with E-state index in [-0.39, 0.29) is 6.42 Å². The van der Waals surface area contributed by atoms with Crippen molar-refractivity contribution in [3.8, 4) is 5.75 Å². The Kier molecular flexibility index (Phi) is 17.8. The van der Waals surface area contributed by atoms with Crippen LogP contribution >= 0.6 is 0 Å². The topological polar surface area (TPSA) is 89.9 Å². The summed E-state index contributed by atoms with van der Waals surface area (Å²) >= 11 is 0. The second kappa shape index (κ2) is 19.7. The van der Waals surface area contributed by atoms with Crippen LogP contribution < -0.4 is 4.74 Å². The van der Waals surface area contributed by atoms with Crippen molar-refractivity contribution >= 4 is 16.4 Å².